The average Bonchev–Trinajstić information content (AvgIpc) is 3.32. The van der Waals surface area contributed by atoms with Crippen LogP contribution in [0.1, 0.15) is 63.9 Å². The van der Waals surface area contributed by atoms with Gasteiger partial charge in [0.2, 0.25) is 0 Å². The van der Waals surface area contributed by atoms with Gasteiger partial charge in [0.15, 0.2) is 5.96 Å². The molecule has 7 heteroatoms. The zero-order valence-corrected chi connectivity index (χ0v) is 18.8. The molecule has 31 heavy (non-hydrogen) atoms. The molecule has 172 valence electrons. The molecule has 1 aromatic rings. The fourth-order valence-electron chi connectivity index (χ4n) is 4.59. The molecular formula is C24H38N4O3. The Balaban J connectivity index is 1.58. The number of nitrogens with one attached hydrogen (secondary N) is 3. The number of benzene rings is 1. The maximum atomic E-state index is 12.3. The lowest BCUT2D eigenvalue weighted by atomic mass is 9.72. The molecule has 7 nitrogen and oxygen atoms in total. The highest BCUT2D eigenvalue weighted by Crippen LogP contribution is 2.38. The van der Waals surface area contributed by atoms with Crippen molar-refractivity contribution in [2.24, 2.45) is 10.4 Å². The summed E-state index contributed by atoms with van der Waals surface area (Å²) in [6.07, 6.45) is 8.31. The molecule has 2 aliphatic rings. The van der Waals surface area contributed by atoms with Gasteiger partial charge in [-0.3, -0.25) is 4.79 Å². The number of aliphatic hydroxyl groups excluding tert-OH is 1. The van der Waals surface area contributed by atoms with E-state index in [9.17, 15) is 9.90 Å². The summed E-state index contributed by atoms with van der Waals surface area (Å²) in [5, 5.41) is 19.3. The summed E-state index contributed by atoms with van der Waals surface area (Å²) in [5.74, 6) is 0.717. The summed E-state index contributed by atoms with van der Waals surface area (Å²) in [6.45, 7) is 5.09. The van der Waals surface area contributed by atoms with Crippen molar-refractivity contribution in [3.8, 4) is 0 Å². The predicted octanol–water partition coefficient (Wildman–Crippen LogP) is 3.19. The van der Waals surface area contributed by atoms with Crippen molar-refractivity contribution in [2.75, 3.05) is 31.6 Å². The van der Waals surface area contributed by atoms with Crippen molar-refractivity contribution in [2.45, 2.75) is 70.9 Å². The third kappa shape index (κ3) is 7.21. The molecule has 1 amide bonds. The normalized spacial score (nSPS) is 21.0. The van der Waals surface area contributed by atoms with Crippen LogP contribution in [-0.4, -0.2) is 49.4 Å². The van der Waals surface area contributed by atoms with Crippen molar-refractivity contribution < 1.29 is 14.6 Å². The summed E-state index contributed by atoms with van der Waals surface area (Å²) < 4.78 is 5.46. The molecule has 1 heterocycles. The number of ether oxygens (including phenoxy) is 1. The van der Waals surface area contributed by atoms with Crippen LogP contribution in [-0.2, 0) is 16.1 Å². The molecule has 1 saturated heterocycles. The first kappa shape index (κ1) is 23.5. The lowest BCUT2D eigenvalue weighted by Crippen LogP contribution is -2.44. The summed E-state index contributed by atoms with van der Waals surface area (Å²) >= 11 is 0. The second-order valence-corrected chi connectivity index (χ2v) is 8.77. The molecule has 4 N–H and O–H groups in total. The van der Waals surface area contributed by atoms with Crippen molar-refractivity contribution in [3.63, 3.8) is 0 Å². The number of carbonyl (C=O) groups excluding carboxylic acids is 1. The first-order valence-corrected chi connectivity index (χ1v) is 11.8. The van der Waals surface area contributed by atoms with Gasteiger partial charge in [-0.2, -0.15) is 0 Å². The molecule has 0 spiro atoms. The van der Waals surface area contributed by atoms with Gasteiger partial charge in [0.1, 0.15) is 6.10 Å². The van der Waals surface area contributed by atoms with Crippen LogP contribution >= 0.6 is 0 Å². The third-order valence-corrected chi connectivity index (χ3v) is 6.37. The van der Waals surface area contributed by atoms with Crippen molar-refractivity contribution >= 4 is 17.6 Å². The van der Waals surface area contributed by atoms with Gasteiger partial charge in [-0.1, -0.05) is 31.4 Å². The molecule has 1 aliphatic carbocycles. The number of amides is 1. The number of rotatable bonds is 9. The molecule has 0 bridgehead atoms. The lowest BCUT2D eigenvalue weighted by molar-refractivity contribution is -0.124. The van der Waals surface area contributed by atoms with Crippen LogP contribution < -0.4 is 16.0 Å². The van der Waals surface area contributed by atoms with Crippen LogP contribution in [0, 0.1) is 5.41 Å². The Kier molecular flexibility index (Phi) is 9.15. The number of anilines is 1. The maximum Gasteiger partial charge on any atom is 0.253 e. The molecule has 0 aromatic heterocycles. The van der Waals surface area contributed by atoms with Crippen molar-refractivity contribution in [1.29, 1.82) is 0 Å². The van der Waals surface area contributed by atoms with Gasteiger partial charge in [-0.15, -0.1) is 0 Å². The zero-order valence-electron chi connectivity index (χ0n) is 18.8. The Labute approximate surface area is 186 Å². The molecule has 3 rings (SSSR count). The number of aliphatic hydroxyl groups is 1. The standard InChI is InChI=1S/C24H38N4O3/c1-2-25-23(27-18-24(13-14-29)11-4-3-5-12-24)26-17-19-8-6-9-20(16-19)28-22(30)21-10-7-15-31-21/h6,8-9,16,21,29H,2-5,7,10-15,17-18H2,1H3,(H,28,30)(H2,25,26,27). The highest BCUT2D eigenvalue weighted by molar-refractivity contribution is 5.94. The van der Waals surface area contributed by atoms with Gasteiger partial charge in [0, 0.05) is 32.0 Å². The number of hydrogen-bond donors (Lipinski definition) is 4. The summed E-state index contributed by atoms with van der Waals surface area (Å²) in [4.78, 5) is 17.0. The van der Waals surface area contributed by atoms with Crippen LogP contribution in [0.15, 0.2) is 29.3 Å². The van der Waals surface area contributed by atoms with E-state index >= 15 is 0 Å². The molecular weight excluding hydrogens is 392 g/mol. The third-order valence-electron chi connectivity index (χ3n) is 6.37. The van der Waals surface area contributed by atoms with Gasteiger partial charge in [0.25, 0.3) is 5.91 Å². The Bertz CT molecular complexity index is 720. The first-order chi connectivity index (χ1) is 15.1. The molecule has 1 aromatic carbocycles. The summed E-state index contributed by atoms with van der Waals surface area (Å²) in [5.41, 5.74) is 1.97. The first-order valence-electron chi connectivity index (χ1n) is 11.8. The Morgan fingerprint density at radius 3 is 2.77 bits per heavy atom. The SMILES string of the molecule is CCNC(=NCc1cccc(NC(=O)C2CCCO2)c1)NCC1(CCO)CCCCC1. The van der Waals surface area contributed by atoms with Crippen LogP contribution in [0.3, 0.4) is 0 Å². The van der Waals surface area contributed by atoms with E-state index in [-0.39, 0.29) is 24.0 Å². The van der Waals surface area contributed by atoms with E-state index < -0.39 is 0 Å². The fourth-order valence-corrected chi connectivity index (χ4v) is 4.59. The quantitative estimate of drug-likeness (QED) is 0.357. The smallest absolute Gasteiger partial charge is 0.253 e. The highest BCUT2D eigenvalue weighted by Gasteiger charge is 2.31. The lowest BCUT2D eigenvalue weighted by Gasteiger charge is -2.37. The van der Waals surface area contributed by atoms with E-state index in [1.165, 1.54) is 19.3 Å². The van der Waals surface area contributed by atoms with Gasteiger partial charge >= 0.3 is 0 Å². The van der Waals surface area contributed by atoms with E-state index in [1.54, 1.807) is 0 Å². The molecule has 1 saturated carbocycles. The van der Waals surface area contributed by atoms with Crippen molar-refractivity contribution in [1.82, 2.24) is 10.6 Å². The van der Waals surface area contributed by atoms with Crippen molar-refractivity contribution in [3.05, 3.63) is 29.8 Å². The van der Waals surface area contributed by atoms with Gasteiger partial charge in [0.05, 0.1) is 6.54 Å². The van der Waals surface area contributed by atoms with E-state index in [1.807, 2.05) is 24.3 Å². The second-order valence-electron chi connectivity index (χ2n) is 8.77. The summed E-state index contributed by atoms with van der Waals surface area (Å²) in [6, 6.07) is 7.82. The van der Waals surface area contributed by atoms with E-state index in [0.717, 1.165) is 62.4 Å². The topological polar surface area (TPSA) is 95.0 Å². The average molecular weight is 431 g/mol. The van der Waals surface area contributed by atoms with E-state index in [0.29, 0.717) is 13.2 Å². The van der Waals surface area contributed by atoms with Gasteiger partial charge < -0.3 is 25.8 Å². The Hall–Kier alpha value is -2.12. The monoisotopic (exact) mass is 430 g/mol. The molecule has 2 fully saturated rings. The maximum absolute atomic E-state index is 12.3. The largest absolute Gasteiger partial charge is 0.396 e. The number of carbonyl (C=O) groups is 1. The Morgan fingerprint density at radius 1 is 1.23 bits per heavy atom. The molecule has 1 aliphatic heterocycles. The minimum absolute atomic E-state index is 0.0742. The second kappa shape index (κ2) is 12.1. The zero-order chi connectivity index (χ0) is 21.9. The fraction of sp³-hybridized carbons (Fsp3) is 0.667. The van der Waals surface area contributed by atoms with Gasteiger partial charge in [-0.05, 0) is 62.1 Å². The minimum atomic E-state index is -0.336. The van der Waals surface area contributed by atoms with E-state index in [2.05, 4.69) is 22.9 Å². The highest BCUT2D eigenvalue weighted by atomic mass is 16.5. The van der Waals surface area contributed by atoms with Crippen LogP contribution in [0.4, 0.5) is 5.69 Å². The van der Waals surface area contributed by atoms with Crippen LogP contribution in [0.2, 0.25) is 0 Å². The number of aliphatic imine (C=N–C) groups is 1. The summed E-state index contributed by atoms with van der Waals surface area (Å²) in [7, 11) is 0. The molecule has 1 unspecified atom stereocenters. The number of guanidine groups is 1. The van der Waals surface area contributed by atoms with Crippen LogP contribution in [0.25, 0.3) is 0 Å². The number of hydrogen-bond acceptors (Lipinski definition) is 4. The minimum Gasteiger partial charge on any atom is -0.396 e. The van der Waals surface area contributed by atoms with E-state index in [4.69, 9.17) is 9.73 Å². The molecule has 1 atom stereocenters. The predicted molar refractivity (Wildman–Crippen MR) is 124 cm³/mol. The van der Waals surface area contributed by atoms with Gasteiger partial charge in [-0.25, -0.2) is 4.99 Å². The molecule has 0 radical (unpaired) electrons. The van der Waals surface area contributed by atoms with Crippen LogP contribution in [0.5, 0.6) is 0 Å². The Morgan fingerprint density at radius 2 is 2.06 bits per heavy atom. The number of nitrogens with zero attached hydrogens (tertiary/aromatic N) is 1.